The summed E-state index contributed by atoms with van der Waals surface area (Å²) in [5.41, 5.74) is 1.60. The Morgan fingerprint density at radius 2 is 1.93 bits per heavy atom. The van der Waals surface area contributed by atoms with Gasteiger partial charge in [0.15, 0.2) is 0 Å². The van der Waals surface area contributed by atoms with Gasteiger partial charge < -0.3 is 10.6 Å². The molecular formula is C9H10BrClN2O. The fraction of sp³-hybridized carbons (Fsp3) is 0.222. The van der Waals surface area contributed by atoms with Crippen LogP contribution in [-0.2, 0) is 0 Å². The molecule has 1 heterocycles. The molecule has 0 aromatic heterocycles. The van der Waals surface area contributed by atoms with Crippen LogP contribution in [0.5, 0.6) is 0 Å². The molecule has 0 aliphatic carbocycles. The summed E-state index contributed by atoms with van der Waals surface area (Å²) in [6, 6.07) is 5.60. The number of amides is 1. The molecule has 1 aliphatic heterocycles. The Bertz CT molecular complexity index is 357. The van der Waals surface area contributed by atoms with E-state index in [1.165, 1.54) is 0 Å². The molecule has 1 aliphatic rings. The van der Waals surface area contributed by atoms with E-state index in [4.69, 9.17) is 0 Å². The van der Waals surface area contributed by atoms with Crippen LogP contribution in [0, 0.1) is 0 Å². The average molecular weight is 278 g/mol. The summed E-state index contributed by atoms with van der Waals surface area (Å²) >= 11 is 3.36. The van der Waals surface area contributed by atoms with Gasteiger partial charge in [-0.2, -0.15) is 0 Å². The number of halogens is 2. The van der Waals surface area contributed by atoms with Crippen molar-refractivity contribution in [1.82, 2.24) is 5.32 Å². The van der Waals surface area contributed by atoms with Crippen LogP contribution in [0.15, 0.2) is 22.7 Å². The molecule has 14 heavy (non-hydrogen) atoms. The largest absolute Gasteiger partial charge is 0.383 e. The standard InChI is InChI=1S/C9H9BrN2O.ClH/c10-6-1-2-7-8(5-6)11-3-4-12-9(7)13;/h1-2,5,11H,3-4H2,(H,12,13);1H. The Hall–Kier alpha value is -0.740. The molecule has 1 amide bonds. The maximum Gasteiger partial charge on any atom is 0.253 e. The van der Waals surface area contributed by atoms with Crippen molar-refractivity contribution in [3.8, 4) is 0 Å². The zero-order chi connectivity index (χ0) is 9.26. The summed E-state index contributed by atoms with van der Waals surface area (Å²) in [7, 11) is 0. The molecule has 0 saturated heterocycles. The second-order valence-electron chi connectivity index (χ2n) is 2.87. The van der Waals surface area contributed by atoms with E-state index >= 15 is 0 Å². The van der Waals surface area contributed by atoms with E-state index in [9.17, 15) is 4.79 Å². The maximum absolute atomic E-state index is 11.5. The second kappa shape index (κ2) is 4.66. The van der Waals surface area contributed by atoms with E-state index in [0.717, 1.165) is 16.7 Å². The maximum atomic E-state index is 11.5. The minimum absolute atomic E-state index is 0. The lowest BCUT2D eigenvalue weighted by atomic mass is 10.2. The Labute approximate surface area is 96.8 Å². The minimum atomic E-state index is -0.00694. The predicted octanol–water partition coefficient (Wildman–Crippen LogP) is 2.03. The van der Waals surface area contributed by atoms with Crippen LogP contribution in [0.1, 0.15) is 10.4 Å². The minimum Gasteiger partial charge on any atom is -0.383 e. The third-order valence-electron chi connectivity index (χ3n) is 1.95. The molecule has 2 rings (SSSR count). The third kappa shape index (κ3) is 2.19. The number of nitrogens with one attached hydrogen (secondary N) is 2. The summed E-state index contributed by atoms with van der Waals surface area (Å²) in [6.07, 6.45) is 0. The molecule has 0 atom stereocenters. The van der Waals surface area contributed by atoms with Crippen LogP contribution < -0.4 is 10.6 Å². The quantitative estimate of drug-likeness (QED) is 0.762. The molecule has 0 fully saturated rings. The van der Waals surface area contributed by atoms with Crippen molar-refractivity contribution in [3.05, 3.63) is 28.2 Å². The Morgan fingerprint density at radius 1 is 1.21 bits per heavy atom. The molecule has 0 bridgehead atoms. The van der Waals surface area contributed by atoms with Gasteiger partial charge in [-0.1, -0.05) is 15.9 Å². The van der Waals surface area contributed by atoms with Crippen molar-refractivity contribution in [1.29, 1.82) is 0 Å². The molecule has 76 valence electrons. The third-order valence-corrected chi connectivity index (χ3v) is 2.45. The number of benzene rings is 1. The number of hydrogen-bond donors (Lipinski definition) is 2. The van der Waals surface area contributed by atoms with E-state index < -0.39 is 0 Å². The van der Waals surface area contributed by atoms with Gasteiger partial charge in [-0.15, -0.1) is 12.4 Å². The lowest BCUT2D eigenvalue weighted by molar-refractivity contribution is 0.0958. The first kappa shape index (κ1) is 11.3. The number of carbonyl (C=O) groups is 1. The van der Waals surface area contributed by atoms with Gasteiger partial charge in [0.1, 0.15) is 0 Å². The van der Waals surface area contributed by atoms with Gasteiger partial charge in [-0.05, 0) is 18.2 Å². The molecule has 0 saturated carbocycles. The van der Waals surface area contributed by atoms with Crippen LogP contribution in [-0.4, -0.2) is 19.0 Å². The van der Waals surface area contributed by atoms with E-state index in [-0.39, 0.29) is 18.3 Å². The normalized spacial score (nSPS) is 14.2. The molecule has 0 radical (unpaired) electrons. The Morgan fingerprint density at radius 3 is 2.71 bits per heavy atom. The molecule has 3 nitrogen and oxygen atoms in total. The Kier molecular flexibility index (Phi) is 3.77. The lowest BCUT2D eigenvalue weighted by Crippen LogP contribution is -2.24. The molecule has 0 unspecified atom stereocenters. The van der Waals surface area contributed by atoms with Crippen molar-refractivity contribution < 1.29 is 4.79 Å². The summed E-state index contributed by atoms with van der Waals surface area (Å²) in [5, 5.41) is 5.99. The van der Waals surface area contributed by atoms with Crippen LogP contribution in [0.3, 0.4) is 0 Å². The zero-order valence-electron chi connectivity index (χ0n) is 7.34. The number of rotatable bonds is 0. The molecular weight excluding hydrogens is 267 g/mol. The van der Waals surface area contributed by atoms with Gasteiger partial charge in [-0.3, -0.25) is 4.79 Å². The SMILES string of the molecule is Cl.O=C1NCCNc2cc(Br)ccc21. The van der Waals surface area contributed by atoms with Gasteiger partial charge in [0.25, 0.3) is 5.91 Å². The van der Waals surface area contributed by atoms with E-state index in [2.05, 4.69) is 26.6 Å². The predicted molar refractivity (Wildman–Crippen MR) is 62.2 cm³/mol. The fourth-order valence-corrected chi connectivity index (χ4v) is 1.69. The highest BCUT2D eigenvalue weighted by molar-refractivity contribution is 9.10. The first-order valence-corrected chi connectivity index (χ1v) is 4.88. The Balaban J connectivity index is 0.000000980. The topological polar surface area (TPSA) is 41.1 Å². The van der Waals surface area contributed by atoms with E-state index in [1.54, 1.807) is 0 Å². The molecule has 5 heteroatoms. The number of fused-ring (bicyclic) bond motifs is 1. The van der Waals surface area contributed by atoms with Crippen LogP contribution in [0.25, 0.3) is 0 Å². The van der Waals surface area contributed by atoms with Gasteiger partial charge in [0, 0.05) is 23.2 Å². The van der Waals surface area contributed by atoms with E-state index in [0.29, 0.717) is 12.1 Å². The molecule has 1 aromatic rings. The highest BCUT2D eigenvalue weighted by atomic mass is 79.9. The van der Waals surface area contributed by atoms with Gasteiger partial charge >= 0.3 is 0 Å². The first-order valence-electron chi connectivity index (χ1n) is 4.09. The first-order chi connectivity index (χ1) is 6.27. The highest BCUT2D eigenvalue weighted by Crippen LogP contribution is 2.22. The zero-order valence-corrected chi connectivity index (χ0v) is 9.74. The second-order valence-corrected chi connectivity index (χ2v) is 3.79. The molecule has 2 N–H and O–H groups in total. The van der Waals surface area contributed by atoms with Crippen LogP contribution >= 0.6 is 28.3 Å². The summed E-state index contributed by atoms with van der Waals surface area (Å²) < 4.78 is 0.980. The van der Waals surface area contributed by atoms with Crippen molar-refractivity contribution in [2.24, 2.45) is 0 Å². The number of anilines is 1. The number of carbonyl (C=O) groups excluding carboxylic acids is 1. The van der Waals surface area contributed by atoms with Gasteiger partial charge in [-0.25, -0.2) is 0 Å². The highest BCUT2D eigenvalue weighted by Gasteiger charge is 2.13. The summed E-state index contributed by atoms with van der Waals surface area (Å²) in [4.78, 5) is 11.5. The van der Waals surface area contributed by atoms with Crippen molar-refractivity contribution in [2.75, 3.05) is 18.4 Å². The van der Waals surface area contributed by atoms with Gasteiger partial charge in [0.05, 0.1) is 5.56 Å². The van der Waals surface area contributed by atoms with Crippen LogP contribution in [0.2, 0.25) is 0 Å². The fourth-order valence-electron chi connectivity index (χ4n) is 1.33. The smallest absolute Gasteiger partial charge is 0.253 e. The van der Waals surface area contributed by atoms with Crippen LogP contribution in [0.4, 0.5) is 5.69 Å². The lowest BCUT2D eigenvalue weighted by Gasteiger charge is -2.05. The van der Waals surface area contributed by atoms with E-state index in [1.807, 2.05) is 18.2 Å². The molecule has 0 spiro atoms. The number of hydrogen-bond acceptors (Lipinski definition) is 2. The summed E-state index contributed by atoms with van der Waals surface area (Å²) in [5.74, 6) is -0.00694. The van der Waals surface area contributed by atoms with Gasteiger partial charge in [0.2, 0.25) is 0 Å². The van der Waals surface area contributed by atoms with Crippen molar-refractivity contribution >= 4 is 39.9 Å². The van der Waals surface area contributed by atoms with Crippen molar-refractivity contribution in [3.63, 3.8) is 0 Å². The average Bonchev–Trinajstić information content (AvgIpc) is 2.28. The summed E-state index contributed by atoms with van der Waals surface area (Å²) in [6.45, 7) is 1.44. The molecule has 1 aromatic carbocycles. The van der Waals surface area contributed by atoms with Crippen molar-refractivity contribution in [2.45, 2.75) is 0 Å². The monoisotopic (exact) mass is 276 g/mol.